The van der Waals surface area contributed by atoms with Crippen LogP contribution in [0.4, 0.5) is 29.1 Å². The Balaban J connectivity index is 1.32. The second kappa shape index (κ2) is 12.3. The maximum atomic E-state index is 14.0. The van der Waals surface area contributed by atoms with Crippen LogP contribution < -0.4 is 14.5 Å². The van der Waals surface area contributed by atoms with Gasteiger partial charge in [0.1, 0.15) is 23.7 Å². The molecule has 1 aromatic carbocycles. The van der Waals surface area contributed by atoms with Crippen LogP contribution in [0, 0.1) is 11.3 Å². The number of carbonyl (C=O) groups is 1. The number of piperidine rings is 1. The van der Waals surface area contributed by atoms with Gasteiger partial charge in [0.2, 0.25) is 5.88 Å². The van der Waals surface area contributed by atoms with Gasteiger partial charge in [-0.05, 0) is 35.2 Å². The van der Waals surface area contributed by atoms with Gasteiger partial charge < -0.3 is 19.6 Å². The van der Waals surface area contributed by atoms with Crippen LogP contribution in [0.2, 0.25) is 0 Å². The lowest BCUT2D eigenvalue weighted by Gasteiger charge is -2.34. The van der Waals surface area contributed by atoms with Crippen molar-refractivity contribution in [3.8, 4) is 33.6 Å². The highest BCUT2D eigenvalue weighted by Crippen LogP contribution is 2.39. The van der Waals surface area contributed by atoms with Gasteiger partial charge in [0.05, 0.1) is 28.7 Å². The van der Waals surface area contributed by atoms with E-state index in [2.05, 4.69) is 21.0 Å². The topological polar surface area (TPSA) is 115 Å². The Bertz CT molecular complexity index is 1740. The van der Waals surface area contributed by atoms with Gasteiger partial charge >= 0.3 is 5.97 Å². The van der Waals surface area contributed by atoms with Crippen LogP contribution in [-0.2, 0) is 4.79 Å². The summed E-state index contributed by atoms with van der Waals surface area (Å²) >= 11 is 1.30. The number of anilines is 2. The van der Waals surface area contributed by atoms with E-state index in [4.69, 9.17) is 4.74 Å². The molecule has 0 amide bonds. The summed E-state index contributed by atoms with van der Waals surface area (Å²) in [7, 11) is 0. The van der Waals surface area contributed by atoms with E-state index in [1.165, 1.54) is 22.3 Å². The molecule has 45 heavy (non-hydrogen) atoms. The van der Waals surface area contributed by atoms with Gasteiger partial charge in [-0.1, -0.05) is 18.2 Å². The molecule has 2 atom stereocenters. The molecule has 1 N–H and O–H groups in total. The lowest BCUT2D eigenvalue weighted by Crippen LogP contribution is -2.39. The Hall–Kier alpha value is -4.77. The average Bonchev–Trinajstić information content (AvgIpc) is 3.72. The first-order chi connectivity index (χ1) is 21.6. The van der Waals surface area contributed by atoms with E-state index in [0.29, 0.717) is 27.3 Å². The second-order valence-electron chi connectivity index (χ2n) is 10.8. The normalized spacial score (nSPS) is 19.5. The molecule has 0 unspecified atom stereocenters. The highest BCUT2D eigenvalue weighted by Gasteiger charge is 2.41. The average molecular weight is 639 g/mol. The Labute approximate surface area is 259 Å². The van der Waals surface area contributed by atoms with E-state index in [-0.39, 0.29) is 56.3 Å². The van der Waals surface area contributed by atoms with Crippen LogP contribution in [0.5, 0.6) is 5.88 Å². The lowest BCUT2D eigenvalue weighted by atomic mass is 10.0. The Morgan fingerprint density at radius 1 is 1.11 bits per heavy atom. The summed E-state index contributed by atoms with van der Waals surface area (Å²) in [6.45, 7) is 0.0832. The van der Waals surface area contributed by atoms with Crippen LogP contribution in [-0.4, -0.2) is 63.7 Å². The Morgan fingerprint density at radius 3 is 2.60 bits per heavy atom. The smallest absolute Gasteiger partial charge is 0.326 e. The van der Waals surface area contributed by atoms with Crippen molar-refractivity contribution in [2.75, 3.05) is 29.4 Å². The number of nitrogens with zero attached hydrogens (tertiary/aromatic N) is 6. The predicted octanol–water partition coefficient (Wildman–Crippen LogP) is 6.42. The van der Waals surface area contributed by atoms with Gasteiger partial charge in [-0.2, -0.15) is 5.26 Å². The third-order valence-corrected chi connectivity index (χ3v) is 8.70. The molecule has 9 nitrogen and oxygen atoms in total. The van der Waals surface area contributed by atoms with E-state index in [1.807, 2.05) is 0 Å². The van der Waals surface area contributed by atoms with Crippen molar-refractivity contribution in [3.63, 3.8) is 0 Å². The van der Waals surface area contributed by atoms with E-state index >= 15 is 0 Å². The number of thiophene rings is 1. The van der Waals surface area contributed by atoms with Gasteiger partial charge in [-0.25, -0.2) is 37.3 Å². The summed E-state index contributed by atoms with van der Waals surface area (Å²) in [5.41, 5.74) is 2.50. The third-order valence-electron chi connectivity index (χ3n) is 7.81. The summed E-state index contributed by atoms with van der Waals surface area (Å²) in [6.07, 6.45) is -2.90. The molecule has 2 aliphatic heterocycles. The molecule has 4 aromatic rings. The zero-order valence-electron chi connectivity index (χ0n) is 23.6. The number of alkyl halides is 4. The van der Waals surface area contributed by atoms with Gasteiger partial charge in [0.25, 0.3) is 12.3 Å². The highest BCUT2D eigenvalue weighted by molar-refractivity contribution is 7.13. The summed E-state index contributed by atoms with van der Waals surface area (Å²) in [5, 5.41) is 21.2. The molecule has 2 fully saturated rings. The van der Waals surface area contributed by atoms with Crippen LogP contribution in [0.3, 0.4) is 0 Å². The molecule has 3 aromatic heterocycles. The number of benzene rings is 1. The number of halogens is 4. The summed E-state index contributed by atoms with van der Waals surface area (Å²) in [4.78, 5) is 28.6. The number of hydrogen-bond donors (Lipinski definition) is 1. The second-order valence-corrected chi connectivity index (χ2v) is 11.8. The quantitative estimate of drug-likeness (QED) is 0.218. The molecule has 0 radical (unpaired) electrons. The molecule has 5 heterocycles. The fourth-order valence-corrected chi connectivity index (χ4v) is 6.22. The minimum Gasteiger partial charge on any atom is -0.480 e. The van der Waals surface area contributed by atoms with Gasteiger partial charge in [0.15, 0.2) is 5.82 Å². The summed E-state index contributed by atoms with van der Waals surface area (Å²) < 4.78 is 61.9. The molecule has 0 spiro atoms. The zero-order chi connectivity index (χ0) is 31.7. The van der Waals surface area contributed by atoms with Crippen LogP contribution in [0.25, 0.3) is 21.7 Å². The molecular weight excluding hydrogens is 612 g/mol. The fraction of sp³-hybridized carbons (Fsp3) is 0.323. The van der Waals surface area contributed by atoms with Crippen molar-refractivity contribution < 1.29 is 32.2 Å². The minimum absolute atomic E-state index is 0.00824. The lowest BCUT2D eigenvalue weighted by molar-refractivity contribution is -0.138. The van der Waals surface area contributed by atoms with Crippen molar-refractivity contribution in [2.24, 2.45) is 0 Å². The number of rotatable bonds is 8. The van der Waals surface area contributed by atoms with Crippen molar-refractivity contribution in [3.05, 3.63) is 71.5 Å². The van der Waals surface area contributed by atoms with Crippen LogP contribution in [0.15, 0.2) is 60.1 Å². The van der Waals surface area contributed by atoms with Crippen molar-refractivity contribution in [1.29, 1.82) is 5.26 Å². The molecule has 232 valence electrons. The van der Waals surface area contributed by atoms with Crippen LogP contribution in [0.1, 0.15) is 37.1 Å². The van der Waals surface area contributed by atoms with Crippen LogP contribution >= 0.6 is 11.3 Å². The highest BCUT2D eigenvalue weighted by atomic mass is 32.1. The maximum Gasteiger partial charge on any atom is 0.326 e. The molecule has 2 aliphatic rings. The van der Waals surface area contributed by atoms with Gasteiger partial charge in [-0.15, -0.1) is 11.3 Å². The zero-order valence-corrected chi connectivity index (χ0v) is 24.4. The minimum atomic E-state index is -2.97. The Morgan fingerprint density at radius 2 is 1.91 bits per heavy atom. The van der Waals surface area contributed by atoms with E-state index in [0.717, 1.165) is 0 Å². The van der Waals surface area contributed by atoms with Gasteiger partial charge in [0, 0.05) is 50.2 Å². The molecule has 0 aliphatic carbocycles. The fourth-order valence-electron chi connectivity index (χ4n) is 5.53. The monoisotopic (exact) mass is 638 g/mol. The Kier molecular flexibility index (Phi) is 8.28. The molecule has 14 heteroatoms. The molecule has 6 rings (SSSR count). The summed E-state index contributed by atoms with van der Waals surface area (Å²) in [6, 6.07) is 14.6. The third kappa shape index (κ3) is 6.53. The molecular formula is C31H26F4N6O3S. The van der Waals surface area contributed by atoms with E-state index in [1.54, 1.807) is 58.9 Å². The maximum absolute atomic E-state index is 14.0. The largest absolute Gasteiger partial charge is 0.480 e. The van der Waals surface area contributed by atoms with Crippen molar-refractivity contribution in [2.45, 2.75) is 43.8 Å². The molecule has 2 saturated heterocycles. The summed E-state index contributed by atoms with van der Waals surface area (Å²) in [5.74, 6) is -4.53. The number of hydrogen-bond acceptors (Lipinski definition) is 9. The number of pyridine rings is 1. The number of ether oxygens (including phenoxy) is 1. The predicted molar refractivity (Wildman–Crippen MR) is 159 cm³/mol. The van der Waals surface area contributed by atoms with Crippen molar-refractivity contribution >= 4 is 28.8 Å². The number of aromatic nitrogens is 3. The number of carboxylic acid groups (broad SMARTS) is 1. The standard InChI is InChI=1S/C31H26F4N6O3S/c32-27(33)28-38-22(25-5-2-10-45-25)14-26(39-28)41-17-21(13-24(41)30(42)43)44-29-23(40-8-6-31(34,35)7-9-40)12-20(16-37-29)19-4-1-3-18(11-19)15-36/h1-5,10-12,14,16,21,24,27H,6-9,13,17H2,(H,42,43)/t21-,24-/m0/s1. The van der Waals surface area contributed by atoms with E-state index < -0.39 is 36.3 Å². The first kappa shape index (κ1) is 30.3. The SMILES string of the molecule is N#Cc1cccc(-c2cnc(O[C@H]3C[C@@H](C(=O)O)N(c4cc(-c5cccs5)nc(C(F)F)n4)C3)c(N3CCC(F)(F)CC3)c2)c1. The van der Waals surface area contributed by atoms with Gasteiger partial charge in [-0.3, -0.25) is 0 Å². The first-order valence-electron chi connectivity index (χ1n) is 14.1. The first-order valence-corrected chi connectivity index (χ1v) is 15.0. The number of aliphatic carboxylic acids is 1. The number of nitriles is 1. The van der Waals surface area contributed by atoms with Crippen molar-refractivity contribution in [1.82, 2.24) is 15.0 Å². The van der Waals surface area contributed by atoms with E-state index in [9.17, 15) is 32.7 Å². The molecule has 0 saturated carbocycles. The molecule has 0 bridgehead atoms. The number of carboxylic acids is 1.